The number of likely N-dealkylation sites (tertiary alicyclic amines) is 1. The Morgan fingerprint density at radius 1 is 1.19 bits per heavy atom. The molecule has 21 heavy (non-hydrogen) atoms. The van der Waals surface area contributed by atoms with E-state index in [1.807, 2.05) is 0 Å². The van der Waals surface area contributed by atoms with Crippen molar-refractivity contribution in [2.45, 2.75) is 52.2 Å². The predicted octanol–water partition coefficient (Wildman–Crippen LogP) is 3.11. The van der Waals surface area contributed by atoms with Crippen LogP contribution in [0.4, 0.5) is 5.69 Å². The van der Waals surface area contributed by atoms with Crippen LogP contribution < -0.4 is 10.2 Å². The predicted molar refractivity (Wildman–Crippen MR) is 92.0 cm³/mol. The lowest BCUT2D eigenvalue weighted by Crippen LogP contribution is -2.45. The Labute approximate surface area is 130 Å². The number of hydrogen-bond acceptors (Lipinski definition) is 3. The van der Waals surface area contributed by atoms with E-state index in [-0.39, 0.29) is 0 Å². The number of anilines is 1. The summed E-state index contributed by atoms with van der Waals surface area (Å²) in [5.41, 5.74) is 2.72. The summed E-state index contributed by atoms with van der Waals surface area (Å²) in [4.78, 5) is 4.84. The number of nitrogens with one attached hydrogen (secondary N) is 1. The maximum Gasteiger partial charge on any atom is 0.0366 e. The molecule has 1 aliphatic heterocycles. The van der Waals surface area contributed by atoms with E-state index in [0.29, 0.717) is 12.1 Å². The number of hydrogen-bond donors (Lipinski definition) is 1. The van der Waals surface area contributed by atoms with Crippen molar-refractivity contribution >= 4 is 5.69 Å². The molecule has 1 aromatic carbocycles. The van der Waals surface area contributed by atoms with Crippen LogP contribution in [0.15, 0.2) is 24.3 Å². The highest BCUT2D eigenvalue weighted by Gasteiger charge is 2.21. The second-order valence-electron chi connectivity index (χ2n) is 6.27. The van der Waals surface area contributed by atoms with Gasteiger partial charge in [0.05, 0.1) is 0 Å². The highest BCUT2D eigenvalue weighted by molar-refractivity contribution is 5.47. The molecule has 1 aliphatic rings. The molecule has 2 unspecified atom stereocenters. The van der Waals surface area contributed by atoms with Gasteiger partial charge in [0.1, 0.15) is 0 Å². The highest BCUT2D eigenvalue weighted by Crippen LogP contribution is 2.17. The lowest BCUT2D eigenvalue weighted by Gasteiger charge is -2.35. The molecule has 3 nitrogen and oxygen atoms in total. The first-order valence-corrected chi connectivity index (χ1v) is 8.41. The van der Waals surface area contributed by atoms with E-state index in [0.717, 1.165) is 19.6 Å². The van der Waals surface area contributed by atoms with Crippen LogP contribution in [0.2, 0.25) is 0 Å². The maximum atomic E-state index is 3.73. The molecule has 0 radical (unpaired) electrons. The van der Waals surface area contributed by atoms with Crippen molar-refractivity contribution in [3.63, 3.8) is 0 Å². The minimum Gasteiger partial charge on any atom is -0.372 e. The van der Waals surface area contributed by atoms with Gasteiger partial charge in [-0.05, 0) is 64.9 Å². The van der Waals surface area contributed by atoms with Gasteiger partial charge >= 0.3 is 0 Å². The van der Waals surface area contributed by atoms with E-state index in [1.165, 1.54) is 30.6 Å². The zero-order valence-electron chi connectivity index (χ0n) is 14.1. The Balaban J connectivity index is 1.84. The average molecular weight is 289 g/mol. The lowest BCUT2D eigenvalue weighted by atomic mass is 9.98. The quantitative estimate of drug-likeness (QED) is 0.868. The summed E-state index contributed by atoms with van der Waals surface area (Å²) >= 11 is 0. The van der Waals surface area contributed by atoms with Crippen molar-refractivity contribution in [3.8, 4) is 0 Å². The molecule has 2 atom stereocenters. The van der Waals surface area contributed by atoms with E-state index in [2.05, 4.69) is 67.2 Å². The standard InChI is InChI=1S/C18H31N3/c1-5-21(6-2)18-9-7-16(8-10-18)14-19-17-11-12-20(4)15(3)13-17/h7-10,15,17,19H,5-6,11-14H2,1-4H3. The summed E-state index contributed by atoms with van der Waals surface area (Å²) in [5, 5.41) is 3.73. The summed E-state index contributed by atoms with van der Waals surface area (Å²) in [6.45, 7) is 11.1. The van der Waals surface area contributed by atoms with Crippen LogP contribution in [-0.2, 0) is 6.54 Å². The van der Waals surface area contributed by atoms with Gasteiger partial charge < -0.3 is 15.1 Å². The van der Waals surface area contributed by atoms with Crippen molar-refractivity contribution in [3.05, 3.63) is 29.8 Å². The van der Waals surface area contributed by atoms with E-state index in [9.17, 15) is 0 Å². The third kappa shape index (κ3) is 4.45. The van der Waals surface area contributed by atoms with Gasteiger partial charge in [-0.1, -0.05) is 12.1 Å². The van der Waals surface area contributed by atoms with E-state index >= 15 is 0 Å². The molecule has 0 spiro atoms. The normalized spacial score (nSPS) is 23.2. The fraction of sp³-hybridized carbons (Fsp3) is 0.667. The molecule has 1 heterocycles. The molecule has 0 bridgehead atoms. The van der Waals surface area contributed by atoms with Gasteiger partial charge in [-0.15, -0.1) is 0 Å². The molecule has 3 heteroatoms. The summed E-state index contributed by atoms with van der Waals surface area (Å²) in [6.07, 6.45) is 2.52. The van der Waals surface area contributed by atoms with Crippen molar-refractivity contribution < 1.29 is 0 Å². The lowest BCUT2D eigenvalue weighted by molar-refractivity contribution is 0.168. The maximum absolute atomic E-state index is 3.73. The molecule has 0 amide bonds. The minimum absolute atomic E-state index is 0.665. The van der Waals surface area contributed by atoms with E-state index < -0.39 is 0 Å². The second kappa shape index (κ2) is 7.81. The largest absolute Gasteiger partial charge is 0.372 e. The SMILES string of the molecule is CCN(CC)c1ccc(CNC2CCN(C)C(C)C2)cc1. The van der Waals surface area contributed by atoms with Gasteiger partial charge in [-0.2, -0.15) is 0 Å². The van der Waals surface area contributed by atoms with Gasteiger partial charge in [0, 0.05) is 37.4 Å². The molecule has 0 aliphatic carbocycles. The number of piperidine rings is 1. The zero-order valence-corrected chi connectivity index (χ0v) is 14.1. The summed E-state index contributed by atoms with van der Waals surface area (Å²) in [7, 11) is 2.23. The Morgan fingerprint density at radius 2 is 1.86 bits per heavy atom. The molecule has 1 N–H and O–H groups in total. The van der Waals surface area contributed by atoms with E-state index in [4.69, 9.17) is 0 Å². The Kier molecular flexibility index (Phi) is 6.07. The molecule has 0 aromatic heterocycles. The van der Waals surface area contributed by atoms with Crippen molar-refractivity contribution in [2.24, 2.45) is 0 Å². The minimum atomic E-state index is 0.665. The molecule has 118 valence electrons. The number of benzene rings is 1. The van der Waals surface area contributed by atoms with Crippen LogP contribution >= 0.6 is 0 Å². The summed E-state index contributed by atoms with van der Waals surface area (Å²) < 4.78 is 0. The zero-order chi connectivity index (χ0) is 15.2. The van der Waals surface area contributed by atoms with Crippen molar-refractivity contribution in [1.82, 2.24) is 10.2 Å². The first-order valence-electron chi connectivity index (χ1n) is 8.41. The summed E-state index contributed by atoms with van der Waals surface area (Å²) in [6, 6.07) is 10.4. The van der Waals surface area contributed by atoms with Crippen LogP contribution in [-0.4, -0.2) is 43.7 Å². The van der Waals surface area contributed by atoms with Crippen molar-refractivity contribution in [1.29, 1.82) is 0 Å². The number of rotatable bonds is 6. The molecule has 0 saturated carbocycles. The van der Waals surface area contributed by atoms with E-state index in [1.54, 1.807) is 0 Å². The van der Waals surface area contributed by atoms with Crippen LogP contribution in [0.5, 0.6) is 0 Å². The summed E-state index contributed by atoms with van der Waals surface area (Å²) in [5.74, 6) is 0. The van der Waals surface area contributed by atoms with Gasteiger partial charge in [0.2, 0.25) is 0 Å². The fourth-order valence-electron chi connectivity index (χ4n) is 3.15. The smallest absolute Gasteiger partial charge is 0.0366 e. The third-order valence-electron chi connectivity index (χ3n) is 4.87. The average Bonchev–Trinajstić information content (AvgIpc) is 2.51. The van der Waals surface area contributed by atoms with Gasteiger partial charge in [0.15, 0.2) is 0 Å². The molecular formula is C18H31N3. The van der Waals surface area contributed by atoms with Gasteiger partial charge in [-0.25, -0.2) is 0 Å². The van der Waals surface area contributed by atoms with Crippen LogP contribution in [0.25, 0.3) is 0 Å². The Bertz CT molecular complexity index is 411. The van der Waals surface area contributed by atoms with Crippen LogP contribution in [0.1, 0.15) is 39.2 Å². The third-order valence-corrected chi connectivity index (χ3v) is 4.87. The molecule has 1 aromatic rings. The molecule has 1 fully saturated rings. The first-order chi connectivity index (χ1) is 10.1. The fourth-order valence-corrected chi connectivity index (χ4v) is 3.15. The molecule has 2 rings (SSSR count). The Hall–Kier alpha value is -1.06. The van der Waals surface area contributed by atoms with Crippen LogP contribution in [0, 0.1) is 0 Å². The monoisotopic (exact) mass is 289 g/mol. The van der Waals surface area contributed by atoms with Crippen molar-refractivity contribution in [2.75, 3.05) is 31.6 Å². The molecular weight excluding hydrogens is 258 g/mol. The Morgan fingerprint density at radius 3 is 2.43 bits per heavy atom. The first kappa shape index (κ1) is 16.3. The number of nitrogens with zero attached hydrogens (tertiary/aromatic N) is 2. The topological polar surface area (TPSA) is 18.5 Å². The van der Waals surface area contributed by atoms with Crippen LogP contribution in [0.3, 0.4) is 0 Å². The van der Waals surface area contributed by atoms with Gasteiger partial charge in [0.25, 0.3) is 0 Å². The second-order valence-corrected chi connectivity index (χ2v) is 6.27. The molecule has 1 saturated heterocycles. The highest BCUT2D eigenvalue weighted by atomic mass is 15.1. The van der Waals surface area contributed by atoms with Gasteiger partial charge in [-0.3, -0.25) is 0 Å².